The van der Waals surface area contributed by atoms with Crippen molar-refractivity contribution in [3.8, 4) is 28.8 Å². The average Bonchev–Trinajstić information content (AvgIpc) is 3.31. The minimum absolute atomic E-state index is 0.0217. The smallest absolute Gasteiger partial charge is 0.245 e. The molecule has 1 aromatic heterocycles. The molecule has 7 nitrogen and oxygen atoms in total. The molecular weight excluding hydrogens is 476 g/mol. The minimum atomic E-state index is -1.56. The number of halogens is 1. The molecule has 2 unspecified atom stereocenters. The second-order valence-electron chi connectivity index (χ2n) is 8.39. The Bertz CT molecular complexity index is 1490. The van der Waals surface area contributed by atoms with E-state index in [9.17, 15) is 14.9 Å². The molecule has 4 aromatic rings. The maximum Gasteiger partial charge on any atom is 0.245 e. The number of carbonyl (C=O) groups excluding carboxylic acids is 2. The number of ether oxygens (including phenoxy) is 1. The number of fused-ring (bicyclic) bond motifs is 3. The molecule has 1 aliphatic heterocycles. The molecule has 1 aliphatic rings. The highest BCUT2D eigenvalue weighted by Crippen LogP contribution is 2.46. The van der Waals surface area contributed by atoms with Crippen LogP contribution in [-0.4, -0.2) is 21.5 Å². The number of para-hydroxylation sites is 1. The number of nitriles is 1. The van der Waals surface area contributed by atoms with Gasteiger partial charge in [0, 0.05) is 22.7 Å². The van der Waals surface area contributed by atoms with Gasteiger partial charge in [-0.15, -0.1) is 0 Å². The van der Waals surface area contributed by atoms with Gasteiger partial charge in [-0.25, -0.2) is 4.68 Å². The fraction of sp³-hybridized carbons (Fsp3) is 0.143. The molecule has 8 heteroatoms. The van der Waals surface area contributed by atoms with Crippen LogP contribution < -0.4 is 10.1 Å². The number of Topliss-reactive ketones (excluding diaryl/α,β-unsaturated/α-hetero) is 1. The van der Waals surface area contributed by atoms with Crippen molar-refractivity contribution in [2.45, 2.75) is 19.6 Å². The van der Waals surface area contributed by atoms with E-state index in [4.69, 9.17) is 16.3 Å². The minimum Gasteiger partial charge on any atom is -0.485 e. The molecule has 0 saturated heterocycles. The van der Waals surface area contributed by atoms with Crippen molar-refractivity contribution >= 4 is 23.3 Å². The van der Waals surface area contributed by atoms with Crippen molar-refractivity contribution in [1.82, 2.24) is 15.1 Å². The highest BCUT2D eigenvalue weighted by atomic mass is 35.5. The summed E-state index contributed by atoms with van der Waals surface area (Å²) in [4.78, 5) is 26.5. The van der Waals surface area contributed by atoms with Crippen molar-refractivity contribution in [2.75, 3.05) is 0 Å². The Labute approximate surface area is 212 Å². The Morgan fingerprint density at radius 1 is 1.11 bits per heavy atom. The third-order valence-electron chi connectivity index (χ3n) is 6.03. The van der Waals surface area contributed by atoms with Crippen LogP contribution in [0, 0.1) is 17.2 Å². The topological polar surface area (TPSA) is 97.0 Å². The monoisotopic (exact) mass is 496 g/mol. The lowest BCUT2D eigenvalue weighted by Gasteiger charge is -2.25. The van der Waals surface area contributed by atoms with Gasteiger partial charge in [-0.3, -0.25) is 9.59 Å². The van der Waals surface area contributed by atoms with E-state index in [-0.39, 0.29) is 12.2 Å². The third kappa shape index (κ3) is 4.23. The number of hydrogen-bond acceptors (Lipinski definition) is 5. The van der Waals surface area contributed by atoms with Crippen LogP contribution in [0.4, 0.5) is 0 Å². The molecule has 36 heavy (non-hydrogen) atoms. The zero-order valence-electron chi connectivity index (χ0n) is 19.3. The summed E-state index contributed by atoms with van der Waals surface area (Å²) in [7, 11) is 0. The van der Waals surface area contributed by atoms with Crippen molar-refractivity contribution in [3.63, 3.8) is 0 Å². The summed E-state index contributed by atoms with van der Waals surface area (Å²) < 4.78 is 7.73. The number of ketones is 1. The number of hydrogen-bond donors (Lipinski definition) is 1. The van der Waals surface area contributed by atoms with Crippen molar-refractivity contribution in [3.05, 3.63) is 101 Å². The number of carbonyl (C=O) groups is 2. The molecule has 178 valence electrons. The third-order valence-corrected chi connectivity index (χ3v) is 6.26. The quantitative estimate of drug-likeness (QED) is 0.289. The first kappa shape index (κ1) is 23.3. The van der Waals surface area contributed by atoms with Gasteiger partial charge in [0.1, 0.15) is 17.5 Å². The summed E-state index contributed by atoms with van der Waals surface area (Å²) in [5, 5.41) is 17.6. The van der Waals surface area contributed by atoms with Crippen molar-refractivity contribution < 1.29 is 14.3 Å². The van der Waals surface area contributed by atoms with E-state index in [1.165, 1.54) is 0 Å². The molecule has 0 radical (unpaired) electrons. The van der Waals surface area contributed by atoms with Gasteiger partial charge >= 0.3 is 0 Å². The Kier molecular flexibility index (Phi) is 6.28. The number of rotatable bonds is 6. The van der Waals surface area contributed by atoms with Gasteiger partial charge in [-0.05, 0) is 42.8 Å². The van der Waals surface area contributed by atoms with Crippen LogP contribution in [0.25, 0.3) is 16.9 Å². The fourth-order valence-corrected chi connectivity index (χ4v) is 4.48. The van der Waals surface area contributed by atoms with E-state index in [0.29, 0.717) is 27.6 Å². The number of aromatic nitrogens is 2. The summed E-state index contributed by atoms with van der Waals surface area (Å²) in [6, 6.07) is 25.7. The largest absolute Gasteiger partial charge is 0.485 e. The molecule has 3 aromatic carbocycles. The van der Waals surface area contributed by atoms with Crippen LogP contribution in [0.15, 0.2) is 78.9 Å². The zero-order valence-corrected chi connectivity index (χ0v) is 20.1. The van der Waals surface area contributed by atoms with Gasteiger partial charge in [-0.1, -0.05) is 60.1 Å². The van der Waals surface area contributed by atoms with E-state index in [1.54, 1.807) is 29.8 Å². The van der Waals surface area contributed by atoms with Gasteiger partial charge < -0.3 is 10.1 Å². The van der Waals surface area contributed by atoms with E-state index in [0.717, 1.165) is 11.3 Å². The first-order chi connectivity index (χ1) is 17.5. The summed E-state index contributed by atoms with van der Waals surface area (Å²) >= 11 is 6.30. The lowest BCUT2D eigenvalue weighted by Crippen LogP contribution is -2.35. The molecule has 0 aliphatic carbocycles. The number of nitrogens with one attached hydrogen (secondary N) is 1. The molecule has 2 atom stereocenters. The summed E-state index contributed by atoms with van der Waals surface area (Å²) in [5.41, 5.74) is 3.42. The molecule has 0 spiro atoms. The Balaban J connectivity index is 1.58. The van der Waals surface area contributed by atoms with E-state index < -0.39 is 23.7 Å². The summed E-state index contributed by atoms with van der Waals surface area (Å²) in [5.74, 6) is -2.32. The lowest BCUT2D eigenvalue weighted by atomic mass is 9.92. The van der Waals surface area contributed by atoms with Crippen LogP contribution in [0.5, 0.6) is 5.75 Å². The number of nitrogens with zero attached hydrogens (tertiary/aromatic N) is 3. The number of amides is 1. The first-order valence-electron chi connectivity index (χ1n) is 11.4. The predicted octanol–water partition coefficient (Wildman–Crippen LogP) is 5.28. The SMILES string of the molecule is CC1Oc2ccc(Cl)cc2-c2c1c(C(=O)C(C#N)C(=O)NCc1ccccc1)nn2-c1ccccc1. The van der Waals surface area contributed by atoms with E-state index >= 15 is 0 Å². The van der Waals surface area contributed by atoms with Gasteiger partial charge in [-0.2, -0.15) is 10.4 Å². The molecule has 0 bridgehead atoms. The second kappa shape index (κ2) is 9.68. The molecule has 2 heterocycles. The predicted molar refractivity (Wildman–Crippen MR) is 135 cm³/mol. The van der Waals surface area contributed by atoms with E-state index in [2.05, 4.69) is 10.4 Å². The highest BCUT2D eigenvalue weighted by Gasteiger charge is 2.38. The van der Waals surface area contributed by atoms with Crippen LogP contribution in [-0.2, 0) is 11.3 Å². The highest BCUT2D eigenvalue weighted by molar-refractivity contribution is 6.31. The maximum absolute atomic E-state index is 13.6. The normalized spacial score (nSPS) is 14.5. The van der Waals surface area contributed by atoms with Gasteiger partial charge in [0.15, 0.2) is 5.92 Å². The van der Waals surface area contributed by atoms with Gasteiger partial charge in [0.2, 0.25) is 11.7 Å². The van der Waals surface area contributed by atoms with Crippen molar-refractivity contribution in [2.24, 2.45) is 5.92 Å². The maximum atomic E-state index is 13.6. The Morgan fingerprint density at radius 3 is 2.50 bits per heavy atom. The van der Waals surface area contributed by atoms with Gasteiger partial charge in [0.05, 0.1) is 17.5 Å². The summed E-state index contributed by atoms with van der Waals surface area (Å²) in [6.07, 6.45) is -0.545. The molecule has 1 amide bonds. The molecular formula is C28H21ClN4O3. The van der Waals surface area contributed by atoms with Crippen LogP contribution in [0.3, 0.4) is 0 Å². The summed E-state index contributed by atoms with van der Waals surface area (Å²) in [6.45, 7) is 2.01. The molecule has 0 saturated carbocycles. The van der Waals surface area contributed by atoms with Crippen LogP contribution in [0.2, 0.25) is 5.02 Å². The van der Waals surface area contributed by atoms with Crippen LogP contribution in [0.1, 0.15) is 34.6 Å². The Morgan fingerprint density at radius 2 is 1.81 bits per heavy atom. The Hall–Kier alpha value is -4.41. The zero-order chi connectivity index (χ0) is 25.2. The second-order valence-corrected chi connectivity index (χ2v) is 8.83. The molecule has 5 rings (SSSR count). The number of benzene rings is 3. The molecule has 0 fully saturated rings. The fourth-order valence-electron chi connectivity index (χ4n) is 4.31. The van der Waals surface area contributed by atoms with Crippen molar-refractivity contribution in [1.29, 1.82) is 5.26 Å². The van der Waals surface area contributed by atoms with Gasteiger partial charge in [0.25, 0.3) is 0 Å². The van der Waals surface area contributed by atoms with E-state index in [1.807, 2.05) is 66.7 Å². The van der Waals surface area contributed by atoms with Crippen LogP contribution >= 0.6 is 11.6 Å². The average molecular weight is 497 g/mol. The standard InChI is InChI=1S/C28H21ClN4O3/c1-17-24-25(27(34)22(15-30)28(35)31-16-18-8-4-2-5-9-18)32-33(20-10-6-3-7-11-20)26(24)21-14-19(29)12-13-23(21)36-17/h2-14,17,22H,16H2,1H3,(H,31,35). The first-order valence-corrected chi connectivity index (χ1v) is 11.8. The lowest BCUT2D eigenvalue weighted by molar-refractivity contribution is -0.122. The molecule has 1 N–H and O–H groups in total.